The molecule has 0 unspecified atom stereocenters. The summed E-state index contributed by atoms with van der Waals surface area (Å²) in [6.07, 6.45) is 19.7. The number of pyridine rings is 2. The molecule has 3 aliphatic rings. The van der Waals surface area contributed by atoms with Crippen molar-refractivity contribution in [2.24, 2.45) is 0 Å². The molecule has 0 radical (unpaired) electrons. The van der Waals surface area contributed by atoms with Crippen LogP contribution in [0.4, 0.5) is 0 Å². The summed E-state index contributed by atoms with van der Waals surface area (Å²) in [4.78, 5) is 11.0. The van der Waals surface area contributed by atoms with Gasteiger partial charge in [0.2, 0.25) is 0 Å². The fourth-order valence-corrected chi connectivity index (χ4v) is 10.7. The van der Waals surface area contributed by atoms with Crippen LogP contribution in [0.5, 0.6) is 0 Å². The molecule has 4 nitrogen and oxygen atoms in total. The first kappa shape index (κ1) is 36.8. The Balaban J connectivity index is 1.06. The fourth-order valence-electron chi connectivity index (χ4n) is 10.7. The van der Waals surface area contributed by atoms with Crippen LogP contribution in [-0.2, 0) is 12.8 Å². The Hall–Kier alpha value is -7.82. The molecule has 3 aliphatic carbocycles. The van der Waals surface area contributed by atoms with Crippen LogP contribution in [0.15, 0.2) is 194 Å². The average molecular weight is 821 g/mol. The lowest BCUT2D eigenvalue weighted by molar-refractivity contribution is 0.941. The normalized spacial score (nSPS) is 14.6. The molecule has 4 aromatic heterocycles. The fraction of sp³-hybridized carbons (Fsp3) is 0.100. The van der Waals surface area contributed by atoms with E-state index in [4.69, 9.17) is 9.97 Å². The third kappa shape index (κ3) is 5.97. The maximum atomic E-state index is 5.51. The zero-order valence-electron chi connectivity index (χ0n) is 35.5. The first-order valence-electron chi connectivity index (χ1n) is 22.7. The van der Waals surface area contributed by atoms with Gasteiger partial charge in [-0.25, -0.2) is 9.97 Å². The Morgan fingerprint density at radius 3 is 1.92 bits per heavy atom. The molecule has 6 aromatic carbocycles. The van der Waals surface area contributed by atoms with E-state index in [0.717, 1.165) is 78.2 Å². The summed E-state index contributed by atoms with van der Waals surface area (Å²) in [5, 5.41) is 5.02. The van der Waals surface area contributed by atoms with Gasteiger partial charge in [-0.3, -0.25) is 9.13 Å². The van der Waals surface area contributed by atoms with Crippen molar-refractivity contribution in [3.63, 3.8) is 0 Å². The minimum Gasteiger partial charge on any atom is -0.294 e. The number of nitrogens with zero attached hydrogens (tertiary/aromatic N) is 4. The highest BCUT2D eigenvalue weighted by molar-refractivity contribution is 6.14. The minimum absolute atomic E-state index is 0.925. The van der Waals surface area contributed by atoms with E-state index in [1.54, 1.807) is 0 Å². The van der Waals surface area contributed by atoms with Crippen LogP contribution in [0.1, 0.15) is 48.1 Å². The lowest BCUT2D eigenvalue weighted by atomic mass is 9.83. The number of fused-ring (bicyclic) bond motifs is 10. The second-order valence-corrected chi connectivity index (χ2v) is 17.4. The summed E-state index contributed by atoms with van der Waals surface area (Å²) < 4.78 is 4.88. The Bertz CT molecular complexity index is 3590. The van der Waals surface area contributed by atoms with Gasteiger partial charge in [0.1, 0.15) is 11.6 Å². The maximum absolute atomic E-state index is 5.51. The Labute approximate surface area is 372 Å². The van der Waals surface area contributed by atoms with E-state index in [9.17, 15) is 0 Å². The first-order chi connectivity index (χ1) is 31.7. The predicted molar refractivity (Wildman–Crippen MR) is 267 cm³/mol. The molecule has 10 aromatic rings. The second kappa shape index (κ2) is 14.9. The molecule has 0 atom stereocenters. The number of rotatable bonds is 6. The summed E-state index contributed by atoms with van der Waals surface area (Å²) in [6, 6.07) is 57.9. The highest BCUT2D eigenvalue weighted by Crippen LogP contribution is 2.45. The summed E-state index contributed by atoms with van der Waals surface area (Å²) >= 11 is 0. The summed E-state index contributed by atoms with van der Waals surface area (Å²) in [7, 11) is 0. The molecule has 64 heavy (non-hydrogen) atoms. The first-order valence-corrected chi connectivity index (χ1v) is 22.7. The average Bonchev–Trinajstić information content (AvgIpc) is 3.89. The van der Waals surface area contributed by atoms with Crippen molar-refractivity contribution >= 4 is 54.8 Å². The second-order valence-electron chi connectivity index (χ2n) is 17.4. The van der Waals surface area contributed by atoms with Crippen LogP contribution in [0.25, 0.3) is 99.9 Å². The number of benzene rings is 6. The third-order valence-electron chi connectivity index (χ3n) is 13.7. The van der Waals surface area contributed by atoms with Gasteiger partial charge in [-0.15, -0.1) is 0 Å². The van der Waals surface area contributed by atoms with Gasteiger partial charge in [0.15, 0.2) is 0 Å². The monoisotopic (exact) mass is 820 g/mol. The molecule has 13 rings (SSSR count). The lowest BCUT2D eigenvalue weighted by Crippen LogP contribution is -2.08. The van der Waals surface area contributed by atoms with Gasteiger partial charge in [0.25, 0.3) is 0 Å². The number of hydrogen-bond donors (Lipinski definition) is 0. The lowest BCUT2D eigenvalue weighted by Gasteiger charge is -2.23. The maximum Gasteiger partial charge on any atom is 0.138 e. The van der Waals surface area contributed by atoms with Crippen molar-refractivity contribution < 1.29 is 0 Å². The van der Waals surface area contributed by atoms with E-state index < -0.39 is 0 Å². The topological polar surface area (TPSA) is 35.6 Å². The van der Waals surface area contributed by atoms with Gasteiger partial charge in [-0.05, 0) is 137 Å². The molecule has 304 valence electrons. The Morgan fingerprint density at radius 1 is 0.438 bits per heavy atom. The molecule has 4 heteroatoms. The molecule has 4 heterocycles. The van der Waals surface area contributed by atoms with Gasteiger partial charge < -0.3 is 0 Å². The predicted octanol–water partition coefficient (Wildman–Crippen LogP) is 15.2. The zero-order chi connectivity index (χ0) is 42.1. The van der Waals surface area contributed by atoms with Crippen LogP contribution in [0.3, 0.4) is 0 Å². The van der Waals surface area contributed by atoms with Crippen LogP contribution in [0, 0.1) is 0 Å². The van der Waals surface area contributed by atoms with E-state index in [1.165, 1.54) is 82.6 Å². The van der Waals surface area contributed by atoms with Gasteiger partial charge >= 0.3 is 0 Å². The number of aryl methyl sites for hydroxylation is 2. The number of allylic oxidation sites excluding steroid dienone is 8. The van der Waals surface area contributed by atoms with Crippen molar-refractivity contribution in [1.29, 1.82) is 0 Å². The van der Waals surface area contributed by atoms with Crippen LogP contribution >= 0.6 is 0 Å². The van der Waals surface area contributed by atoms with Crippen molar-refractivity contribution in [1.82, 2.24) is 19.1 Å². The standard InChI is InChI=1S/C60H44N4/c1-5-17-39(18-6-1)44-34-53(41-21-9-3-10-22-41)61-58(36-44)63-55-27-15-14-26-48(55)52-33-43-29-30-49-46(51(43)38-57(52)63)31-32-50-47-25-13-16-28-56(47)64(60(49)50)59-37-45(40-19-7-2-8-20-40)35-54(62-59)42-23-11-4-12-24-42/h1-2,4-5,7-9,11-17,19-28,31-38H,3,6,10,18,29-30H2. The highest BCUT2D eigenvalue weighted by atomic mass is 15.1. The van der Waals surface area contributed by atoms with Crippen LogP contribution in [-0.4, -0.2) is 19.1 Å². The molecule has 0 amide bonds. The van der Waals surface area contributed by atoms with E-state index in [-0.39, 0.29) is 0 Å². The van der Waals surface area contributed by atoms with Gasteiger partial charge in [0, 0.05) is 27.1 Å². The Morgan fingerprint density at radius 2 is 1.14 bits per heavy atom. The van der Waals surface area contributed by atoms with Crippen LogP contribution in [0.2, 0.25) is 0 Å². The molecule has 0 N–H and O–H groups in total. The summed E-state index contributed by atoms with van der Waals surface area (Å²) in [5.74, 6) is 1.88. The molecule has 0 bridgehead atoms. The SMILES string of the molecule is C1=CCCC(c2cc(C3=CCCC=C3)nc(-n3c4ccccc4c4cc5c(cc43)-c3ccc4c6ccccc6n(-c6cc(-c7ccccc7)cc(-c7ccccc7)n6)c4c3CC5)c2)=C1. The number of hydrogen-bond acceptors (Lipinski definition) is 2. The van der Waals surface area contributed by atoms with Crippen molar-refractivity contribution in [2.45, 2.75) is 38.5 Å². The van der Waals surface area contributed by atoms with Crippen molar-refractivity contribution in [3.8, 4) is 45.1 Å². The van der Waals surface area contributed by atoms with E-state index >= 15 is 0 Å². The summed E-state index contributed by atoms with van der Waals surface area (Å²) in [5.41, 5.74) is 19.3. The van der Waals surface area contributed by atoms with Crippen molar-refractivity contribution in [3.05, 3.63) is 217 Å². The minimum atomic E-state index is 0.925. The van der Waals surface area contributed by atoms with Crippen molar-refractivity contribution in [2.75, 3.05) is 0 Å². The number of para-hydroxylation sites is 2. The van der Waals surface area contributed by atoms with Gasteiger partial charge in [-0.1, -0.05) is 146 Å². The molecular formula is C60H44N4. The zero-order valence-corrected chi connectivity index (χ0v) is 35.5. The van der Waals surface area contributed by atoms with Gasteiger partial charge in [-0.2, -0.15) is 0 Å². The third-order valence-corrected chi connectivity index (χ3v) is 13.7. The largest absolute Gasteiger partial charge is 0.294 e. The van der Waals surface area contributed by atoms with E-state index in [2.05, 4.69) is 203 Å². The number of aromatic nitrogens is 4. The molecule has 0 saturated heterocycles. The van der Waals surface area contributed by atoms with E-state index in [0.29, 0.717) is 0 Å². The van der Waals surface area contributed by atoms with Crippen LogP contribution < -0.4 is 0 Å². The Kier molecular flexibility index (Phi) is 8.58. The van der Waals surface area contributed by atoms with E-state index in [1.807, 2.05) is 0 Å². The smallest absolute Gasteiger partial charge is 0.138 e. The molecule has 0 spiro atoms. The molecule has 0 aliphatic heterocycles. The summed E-state index contributed by atoms with van der Waals surface area (Å²) in [6.45, 7) is 0. The molecular weight excluding hydrogens is 777 g/mol. The van der Waals surface area contributed by atoms with Gasteiger partial charge in [0.05, 0.1) is 33.5 Å². The highest BCUT2D eigenvalue weighted by Gasteiger charge is 2.26. The molecule has 0 fully saturated rings. The quantitative estimate of drug-likeness (QED) is 0.167. The molecule has 0 saturated carbocycles.